The lowest BCUT2D eigenvalue weighted by molar-refractivity contribution is -0.121. The van der Waals surface area contributed by atoms with Gasteiger partial charge in [-0.1, -0.05) is 18.2 Å². The Labute approximate surface area is 143 Å². The number of hydrogen-bond acceptors (Lipinski definition) is 5. The van der Waals surface area contributed by atoms with Crippen LogP contribution in [0.1, 0.15) is 6.42 Å². The molecule has 1 N–H and O–H groups in total. The van der Waals surface area contributed by atoms with Gasteiger partial charge < -0.3 is 10.1 Å². The molecular formula is C16H25N3O4S. The van der Waals surface area contributed by atoms with E-state index in [-0.39, 0.29) is 17.3 Å². The second-order valence-corrected chi connectivity index (χ2v) is 7.78. The number of sulfonamides is 1. The van der Waals surface area contributed by atoms with Crippen LogP contribution in [0, 0.1) is 0 Å². The van der Waals surface area contributed by atoms with E-state index in [4.69, 9.17) is 4.74 Å². The molecule has 1 fully saturated rings. The fraction of sp³-hybridized carbons (Fsp3) is 0.562. The molecule has 1 saturated heterocycles. The van der Waals surface area contributed by atoms with E-state index < -0.39 is 10.0 Å². The van der Waals surface area contributed by atoms with E-state index >= 15 is 0 Å². The fourth-order valence-corrected chi connectivity index (χ4v) is 3.62. The molecule has 1 amide bonds. The van der Waals surface area contributed by atoms with E-state index in [0.29, 0.717) is 6.54 Å². The number of morpholine rings is 1. The molecule has 0 unspecified atom stereocenters. The smallest absolute Gasteiger partial charge is 0.243 e. The molecule has 8 heteroatoms. The highest BCUT2D eigenvalue weighted by atomic mass is 32.2. The zero-order valence-corrected chi connectivity index (χ0v) is 14.8. The number of rotatable bonds is 8. The Morgan fingerprint density at radius 3 is 2.58 bits per heavy atom. The molecule has 0 bridgehead atoms. The molecule has 134 valence electrons. The summed E-state index contributed by atoms with van der Waals surface area (Å²) in [6.07, 6.45) is 0.834. The number of amides is 1. The maximum Gasteiger partial charge on any atom is 0.243 e. The summed E-state index contributed by atoms with van der Waals surface area (Å²) in [6, 6.07) is 8.11. The number of nitrogens with one attached hydrogen (secondary N) is 1. The third-order valence-electron chi connectivity index (χ3n) is 3.89. The van der Waals surface area contributed by atoms with Crippen molar-refractivity contribution in [1.82, 2.24) is 14.5 Å². The SMILES string of the molecule is CN(CC(=O)NCCCN1CCOCC1)S(=O)(=O)c1ccccc1. The zero-order chi connectivity index (χ0) is 17.4. The summed E-state index contributed by atoms with van der Waals surface area (Å²) in [7, 11) is -2.22. The molecule has 1 aromatic rings. The number of likely N-dealkylation sites (N-methyl/N-ethyl adjacent to an activating group) is 1. The van der Waals surface area contributed by atoms with Gasteiger partial charge in [0.1, 0.15) is 0 Å². The number of carbonyl (C=O) groups is 1. The lowest BCUT2D eigenvalue weighted by Crippen LogP contribution is -2.40. The maximum atomic E-state index is 12.3. The molecule has 0 radical (unpaired) electrons. The minimum Gasteiger partial charge on any atom is -0.379 e. The molecule has 0 aromatic heterocycles. The van der Waals surface area contributed by atoms with E-state index in [1.165, 1.54) is 19.2 Å². The Morgan fingerprint density at radius 2 is 1.92 bits per heavy atom. The van der Waals surface area contributed by atoms with Crippen LogP contribution in [0.3, 0.4) is 0 Å². The Hall–Kier alpha value is -1.48. The molecule has 2 rings (SSSR count). The predicted octanol–water partition coefficient (Wildman–Crippen LogP) is 0.146. The highest BCUT2D eigenvalue weighted by Crippen LogP contribution is 2.12. The van der Waals surface area contributed by atoms with Crippen molar-refractivity contribution in [1.29, 1.82) is 0 Å². The van der Waals surface area contributed by atoms with Gasteiger partial charge in [0.25, 0.3) is 0 Å². The van der Waals surface area contributed by atoms with Gasteiger partial charge in [-0.05, 0) is 25.1 Å². The molecule has 0 spiro atoms. The third-order valence-corrected chi connectivity index (χ3v) is 5.71. The topological polar surface area (TPSA) is 79.0 Å². The van der Waals surface area contributed by atoms with E-state index in [0.717, 1.165) is 43.6 Å². The summed E-state index contributed by atoms with van der Waals surface area (Å²) in [5, 5.41) is 2.77. The Kier molecular flexibility index (Phi) is 7.16. The van der Waals surface area contributed by atoms with Crippen LogP contribution in [0.25, 0.3) is 0 Å². The van der Waals surface area contributed by atoms with Crippen molar-refractivity contribution in [3.63, 3.8) is 0 Å². The van der Waals surface area contributed by atoms with Crippen LogP contribution in [0.4, 0.5) is 0 Å². The van der Waals surface area contributed by atoms with Gasteiger partial charge in [0.05, 0.1) is 24.7 Å². The summed E-state index contributed by atoms with van der Waals surface area (Å²) in [6.45, 7) is 4.62. The van der Waals surface area contributed by atoms with E-state index in [9.17, 15) is 13.2 Å². The Balaban J connectivity index is 1.71. The molecule has 7 nitrogen and oxygen atoms in total. The average molecular weight is 355 g/mol. The molecule has 0 atom stereocenters. The quantitative estimate of drug-likeness (QED) is 0.672. The van der Waals surface area contributed by atoms with Gasteiger partial charge in [-0.2, -0.15) is 4.31 Å². The van der Waals surface area contributed by atoms with Crippen LogP contribution in [-0.4, -0.2) is 76.5 Å². The Morgan fingerprint density at radius 1 is 1.25 bits per heavy atom. The van der Waals surface area contributed by atoms with Gasteiger partial charge in [0.15, 0.2) is 0 Å². The standard InChI is InChI=1S/C16H25N3O4S/c1-18(24(21,22)15-6-3-2-4-7-15)14-16(20)17-8-5-9-19-10-12-23-13-11-19/h2-4,6-7H,5,8-14H2,1H3,(H,17,20). The first-order valence-electron chi connectivity index (χ1n) is 8.08. The minimum absolute atomic E-state index is 0.186. The predicted molar refractivity (Wildman–Crippen MR) is 91.1 cm³/mol. The number of nitrogens with zero attached hydrogens (tertiary/aromatic N) is 2. The van der Waals surface area contributed by atoms with E-state index in [2.05, 4.69) is 10.2 Å². The van der Waals surface area contributed by atoms with Crippen molar-refractivity contribution >= 4 is 15.9 Å². The summed E-state index contributed by atoms with van der Waals surface area (Å²) in [5.41, 5.74) is 0. The summed E-state index contributed by atoms with van der Waals surface area (Å²) >= 11 is 0. The fourth-order valence-electron chi connectivity index (χ4n) is 2.47. The van der Waals surface area contributed by atoms with Crippen molar-refractivity contribution in [3.05, 3.63) is 30.3 Å². The van der Waals surface area contributed by atoms with Gasteiger partial charge in [-0.25, -0.2) is 8.42 Å². The van der Waals surface area contributed by atoms with E-state index in [1.54, 1.807) is 18.2 Å². The molecule has 0 aliphatic carbocycles. The van der Waals surface area contributed by atoms with Crippen molar-refractivity contribution in [2.45, 2.75) is 11.3 Å². The van der Waals surface area contributed by atoms with Gasteiger partial charge in [0.2, 0.25) is 15.9 Å². The minimum atomic E-state index is -3.63. The van der Waals surface area contributed by atoms with Crippen LogP contribution >= 0.6 is 0 Å². The van der Waals surface area contributed by atoms with Gasteiger partial charge in [-0.15, -0.1) is 0 Å². The zero-order valence-electron chi connectivity index (χ0n) is 14.0. The van der Waals surface area contributed by atoms with E-state index in [1.807, 2.05) is 0 Å². The van der Waals surface area contributed by atoms with Gasteiger partial charge >= 0.3 is 0 Å². The monoisotopic (exact) mass is 355 g/mol. The van der Waals surface area contributed by atoms with Crippen LogP contribution in [0.15, 0.2) is 35.2 Å². The normalized spacial score (nSPS) is 16.2. The van der Waals surface area contributed by atoms with Crippen LogP contribution < -0.4 is 5.32 Å². The molecular weight excluding hydrogens is 330 g/mol. The average Bonchev–Trinajstić information content (AvgIpc) is 2.60. The van der Waals surface area contributed by atoms with Crippen LogP contribution in [0.5, 0.6) is 0 Å². The number of carbonyl (C=O) groups excluding carboxylic acids is 1. The molecule has 24 heavy (non-hydrogen) atoms. The van der Waals surface area contributed by atoms with Crippen LogP contribution in [-0.2, 0) is 19.6 Å². The third kappa shape index (κ3) is 5.55. The molecule has 1 heterocycles. The second kappa shape index (κ2) is 9.12. The highest BCUT2D eigenvalue weighted by Gasteiger charge is 2.22. The molecule has 1 aliphatic rings. The first-order valence-corrected chi connectivity index (χ1v) is 9.52. The van der Waals surface area contributed by atoms with Gasteiger partial charge in [-0.3, -0.25) is 9.69 Å². The lowest BCUT2D eigenvalue weighted by atomic mass is 10.3. The summed E-state index contributed by atoms with van der Waals surface area (Å²) < 4.78 is 31.0. The number of ether oxygens (including phenoxy) is 1. The summed E-state index contributed by atoms with van der Waals surface area (Å²) in [5.74, 6) is -0.293. The van der Waals surface area contributed by atoms with Crippen LogP contribution in [0.2, 0.25) is 0 Å². The largest absolute Gasteiger partial charge is 0.379 e. The van der Waals surface area contributed by atoms with Crippen molar-refractivity contribution < 1.29 is 17.9 Å². The van der Waals surface area contributed by atoms with Crippen molar-refractivity contribution in [2.24, 2.45) is 0 Å². The Bertz CT molecular complexity index is 615. The first-order chi connectivity index (χ1) is 11.5. The maximum absolute atomic E-state index is 12.3. The van der Waals surface area contributed by atoms with Gasteiger partial charge in [0, 0.05) is 26.7 Å². The molecule has 0 saturated carbocycles. The highest BCUT2D eigenvalue weighted by molar-refractivity contribution is 7.89. The number of hydrogen-bond donors (Lipinski definition) is 1. The molecule has 1 aromatic carbocycles. The summed E-state index contributed by atoms with van der Waals surface area (Å²) in [4.78, 5) is 14.4. The number of benzene rings is 1. The molecule has 1 aliphatic heterocycles. The first kappa shape index (κ1) is 18.9. The lowest BCUT2D eigenvalue weighted by Gasteiger charge is -2.26. The second-order valence-electron chi connectivity index (χ2n) is 5.73. The van der Waals surface area contributed by atoms with Crippen molar-refractivity contribution in [3.8, 4) is 0 Å². The van der Waals surface area contributed by atoms with Crippen molar-refractivity contribution in [2.75, 3.05) is 53.0 Å².